The summed E-state index contributed by atoms with van der Waals surface area (Å²) in [7, 11) is 0. The van der Waals surface area contributed by atoms with Crippen LogP contribution in [0.5, 0.6) is 0 Å². The van der Waals surface area contributed by atoms with Crippen molar-refractivity contribution in [2.24, 2.45) is 0 Å². The molecule has 1 aromatic heterocycles. The van der Waals surface area contributed by atoms with E-state index in [-0.39, 0.29) is 17.4 Å². The molecule has 0 unspecified atom stereocenters. The number of carbonyl (C=O) groups is 2. The molecule has 6 nitrogen and oxygen atoms in total. The molecule has 4 rings (SSSR count). The summed E-state index contributed by atoms with van der Waals surface area (Å²) in [5.41, 5.74) is 2.24. The van der Waals surface area contributed by atoms with E-state index in [1.807, 2.05) is 19.1 Å². The number of nitro benzene ring substituents is 1. The van der Waals surface area contributed by atoms with Gasteiger partial charge in [0.1, 0.15) is 0 Å². The highest BCUT2D eigenvalue weighted by Gasteiger charge is 2.18. The summed E-state index contributed by atoms with van der Waals surface area (Å²) in [6, 6.07) is 20.3. The van der Waals surface area contributed by atoms with Crippen LogP contribution in [-0.4, -0.2) is 16.6 Å². The van der Waals surface area contributed by atoms with Crippen LogP contribution in [0.4, 0.5) is 11.4 Å². The predicted octanol–water partition coefficient (Wildman–Crippen LogP) is 5.60. The molecule has 0 radical (unpaired) electrons. The Hall–Kier alpha value is -3.84. The number of fused-ring (bicyclic) bond motifs is 1. The molecule has 1 amide bonds. The molecular formula is C23H16N2O4S. The number of hydrogen-bond acceptors (Lipinski definition) is 5. The lowest BCUT2D eigenvalue weighted by Gasteiger charge is -2.11. The maximum absolute atomic E-state index is 13.0. The number of thiophene rings is 1. The van der Waals surface area contributed by atoms with E-state index >= 15 is 0 Å². The van der Waals surface area contributed by atoms with Crippen LogP contribution in [0.2, 0.25) is 0 Å². The lowest BCUT2D eigenvalue weighted by molar-refractivity contribution is -0.384. The van der Waals surface area contributed by atoms with E-state index in [2.05, 4.69) is 5.32 Å². The van der Waals surface area contributed by atoms with Crippen molar-refractivity contribution >= 4 is 44.5 Å². The molecule has 0 atom stereocenters. The van der Waals surface area contributed by atoms with Crippen molar-refractivity contribution in [1.82, 2.24) is 0 Å². The molecule has 0 spiro atoms. The molecule has 4 aromatic rings. The van der Waals surface area contributed by atoms with Gasteiger partial charge >= 0.3 is 0 Å². The predicted molar refractivity (Wildman–Crippen MR) is 117 cm³/mol. The van der Waals surface area contributed by atoms with Crippen molar-refractivity contribution in [1.29, 1.82) is 0 Å². The van der Waals surface area contributed by atoms with Gasteiger partial charge in [0.15, 0.2) is 5.78 Å². The Labute approximate surface area is 175 Å². The molecule has 148 valence electrons. The number of carbonyl (C=O) groups excluding carboxylic acids is 2. The highest BCUT2D eigenvalue weighted by molar-refractivity contribution is 7.20. The Morgan fingerprint density at radius 3 is 2.47 bits per heavy atom. The zero-order valence-electron chi connectivity index (χ0n) is 15.9. The fraction of sp³-hybridized carbons (Fsp3) is 0.0435. The minimum Gasteiger partial charge on any atom is -0.321 e. The number of benzene rings is 3. The summed E-state index contributed by atoms with van der Waals surface area (Å²) < 4.78 is 0.773. The molecule has 0 saturated heterocycles. The molecule has 0 saturated carbocycles. The van der Waals surface area contributed by atoms with Gasteiger partial charge in [0.25, 0.3) is 11.6 Å². The average Bonchev–Trinajstić information content (AvgIpc) is 3.18. The highest BCUT2D eigenvalue weighted by atomic mass is 32.1. The van der Waals surface area contributed by atoms with Gasteiger partial charge in [-0.2, -0.15) is 0 Å². The van der Waals surface area contributed by atoms with Gasteiger partial charge in [-0.15, -0.1) is 11.3 Å². The summed E-state index contributed by atoms with van der Waals surface area (Å²) in [5.74, 6) is -0.550. The second kappa shape index (κ2) is 7.88. The summed E-state index contributed by atoms with van der Waals surface area (Å²) in [6.07, 6.45) is 0. The van der Waals surface area contributed by atoms with Gasteiger partial charge in [0.2, 0.25) is 0 Å². The maximum Gasteiger partial charge on any atom is 0.270 e. The summed E-state index contributed by atoms with van der Waals surface area (Å²) in [4.78, 5) is 36.7. The average molecular weight is 416 g/mol. The molecular weight excluding hydrogens is 400 g/mol. The van der Waals surface area contributed by atoms with E-state index in [9.17, 15) is 19.7 Å². The fourth-order valence-corrected chi connectivity index (χ4v) is 4.08. The van der Waals surface area contributed by atoms with Crippen LogP contribution in [0, 0.1) is 17.0 Å². The SMILES string of the molecule is Cc1ccc(NC(=O)c2cc3cc([N+](=O)[O-])ccc3s2)c(C(=O)c2ccccc2)c1. The van der Waals surface area contributed by atoms with Crippen molar-refractivity contribution in [3.05, 3.63) is 104 Å². The van der Waals surface area contributed by atoms with Crippen LogP contribution in [0.3, 0.4) is 0 Å². The van der Waals surface area contributed by atoms with Crippen molar-refractivity contribution in [3.63, 3.8) is 0 Å². The van der Waals surface area contributed by atoms with E-state index in [0.29, 0.717) is 27.1 Å². The number of ketones is 1. The number of hydrogen-bond donors (Lipinski definition) is 1. The molecule has 30 heavy (non-hydrogen) atoms. The second-order valence-corrected chi connectivity index (χ2v) is 7.87. The number of amides is 1. The molecule has 3 aromatic carbocycles. The first-order valence-electron chi connectivity index (χ1n) is 9.12. The summed E-state index contributed by atoms with van der Waals surface area (Å²) in [5, 5.41) is 14.4. The minimum atomic E-state index is -0.468. The van der Waals surface area contributed by atoms with Gasteiger partial charge < -0.3 is 5.32 Å². The van der Waals surface area contributed by atoms with Crippen LogP contribution >= 0.6 is 11.3 Å². The van der Waals surface area contributed by atoms with Crippen LogP contribution in [-0.2, 0) is 0 Å². The lowest BCUT2D eigenvalue weighted by Crippen LogP contribution is -2.14. The lowest BCUT2D eigenvalue weighted by atomic mass is 9.99. The molecule has 0 aliphatic carbocycles. The molecule has 1 N–H and O–H groups in total. The third-order valence-corrected chi connectivity index (χ3v) is 5.75. The Morgan fingerprint density at radius 1 is 0.967 bits per heavy atom. The van der Waals surface area contributed by atoms with Gasteiger partial charge in [0, 0.05) is 33.3 Å². The largest absolute Gasteiger partial charge is 0.321 e. The van der Waals surface area contributed by atoms with E-state index in [0.717, 1.165) is 10.3 Å². The zero-order valence-corrected chi connectivity index (χ0v) is 16.7. The topological polar surface area (TPSA) is 89.3 Å². The maximum atomic E-state index is 13.0. The number of anilines is 1. The normalized spacial score (nSPS) is 10.7. The number of non-ortho nitro benzene ring substituents is 1. The van der Waals surface area contributed by atoms with Gasteiger partial charge in [0.05, 0.1) is 15.5 Å². The molecule has 0 aliphatic heterocycles. The van der Waals surface area contributed by atoms with Crippen LogP contribution in [0.1, 0.15) is 31.2 Å². The van der Waals surface area contributed by atoms with Crippen molar-refractivity contribution < 1.29 is 14.5 Å². The molecule has 7 heteroatoms. The molecule has 0 aliphatic rings. The number of aryl methyl sites for hydroxylation is 1. The highest BCUT2D eigenvalue weighted by Crippen LogP contribution is 2.30. The summed E-state index contributed by atoms with van der Waals surface area (Å²) in [6.45, 7) is 1.88. The second-order valence-electron chi connectivity index (χ2n) is 6.79. The number of nitrogens with one attached hydrogen (secondary N) is 1. The standard InChI is InChI=1S/C23H16N2O4S/c1-14-7-9-19(18(11-14)22(26)15-5-3-2-4-6-15)24-23(27)21-13-16-12-17(25(28)29)8-10-20(16)30-21/h2-13H,1H3,(H,24,27). The minimum absolute atomic E-state index is 0.0264. The number of rotatable bonds is 5. The first-order chi connectivity index (χ1) is 14.4. The van der Waals surface area contributed by atoms with Gasteiger partial charge in [-0.25, -0.2) is 0 Å². The number of nitro groups is 1. The molecule has 0 fully saturated rings. The Morgan fingerprint density at radius 2 is 1.73 bits per heavy atom. The van der Waals surface area contributed by atoms with E-state index < -0.39 is 4.92 Å². The Bertz CT molecular complexity index is 1300. The fourth-order valence-electron chi connectivity index (χ4n) is 3.14. The third-order valence-electron chi connectivity index (χ3n) is 4.64. The first-order valence-corrected chi connectivity index (χ1v) is 9.94. The van der Waals surface area contributed by atoms with E-state index in [1.54, 1.807) is 48.5 Å². The van der Waals surface area contributed by atoms with Crippen LogP contribution < -0.4 is 5.32 Å². The monoisotopic (exact) mass is 416 g/mol. The van der Waals surface area contributed by atoms with E-state index in [4.69, 9.17) is 0 Å². The van der Waals surface area contributed by atoms with Gasteiger partial charge in [-0.3, -0.25) is 19.7 Å². The Balaban J connectivity index is 1.66. The van der Waals surface area contributed by atoms with Crippen LogP contribution in [0.25, 0.3) is 10.1 Å². The van der Waals surface area contributed by atoms with Gasteiger partial charge in [-0.05, 0) is 31.2 Å². The first kappa shape index (κ1) is 19.5. The van der Waals surface area contributed by atoms with Crippen molar-refractivity contribution in [3.8, 4) is 0 Å². The molecule has 0 bridgehead atoms. The number of nitrogens with zero attached hydrogens (tertiary/aromatic N) is 1. The quantitative estimate of drug-likeness (QED) is 0.260. The smallest absolute Gasteiger partial charge is 0.270 e. The zero-order chi connectivity index (χ0) is 21.3. The van der Waals surface area contributed by atoms with Crippen molar-refractivity contribution in [2.75, 3.05) is 5.32 Å². The summed E-state index contributed by atoms with van der Waals surface area (Å²) >= 11 is 1.24. The molecule has 1 heterocycles. The third kappa shape index (κ3) is 3.83. The van der Waals surface area contributed by atoms with Gasteiger partial charge in [-0.1, -0.05) is 42.0 Å². The van der Waals surface area contributed by atoms with E-state index in [1.165, 1.54) is 23.5 Å². The Kier molecular flexibility index (Phi) is 5.12. The van der Waals surface area contributed by atoms with Crippen molar-refractivity contribution in [2.45, 2.75) is 6.92 Å². The van der Waals surface area contributed by atoms with Crippen LogP contribution in [0.15, 0.2) is 72.8 Å².